The van der Waals surface area contributed by atoms with E-state index in [-0.39, 0.29) is 22.4 Å². The third kappa shape index (κ3) is 5.82. The summed E-state index contributed by atoms with van der Waals surface area (Å²) in [6.45, 7) is 8.34. The van der Waals surface area contributed by atoms with Crippen molar-refractivity contribution in [1.82, 2.24) is 5.32 Å². The van der Waals surface area contributed by atoms with Gasteiger partial charge in [0.25, 0.3) is 11.8 Å². The van der Waals surface area contributed by atoms with Gasteiger partial charge in [-0.2, -0.15) is 26.3 Å². The van der Waals surface area contributed by atoms with Gasteiger partial charge in [0.1, 0.15) is 0 Å². The first-order chi connectivity index (χ1) is 16.4. The molecule has 0 heterocycles. The molecule has 0 spiro atoms. The van der Waals surface area contributed by atoms with E-state index >= 15 is 0 Å². The van der Waals surface area contributed by atoms with Crippen LogP contribution in [0.3, 0.4) is 0 Å². The van der Waals surface area contributed by atoms with Crippen LogP contribution >= 0.6 is 0 Å². The van der Waals surface area contributed by atoms with E-state index in [0.29, 0.717) is 24.1 Å². The minimum atomic E-state index is -6.25. The number of carbonyl (C=O) groups is 2. The van der Waals surface area contributed by atoms with Crippen molar-refractivity contribution in [3.05, 3.63) is 64.2 Å². The van der Waals surface area contributed by atoms with Crippen LogP contribution in [0.2, 0.25) is 0 Å². The number of carbonyl (C=O) groups excluding carboxylic acids is 2. The van der Waals surface area contributed by atoms with Crippen LogP contribution in [0, 0.1) is 13.8 Å². The summed E-state index contributed by atoms with van der Waals surface area (Å²) in [5.74, 6) is -1.33. The summed E-state index contributed by atoms with van der Waals surface area (Å²) in [7, 11) is 0. The second-order valence-electron chi connectivity index (χ2n) is 9.22. The Morgan fingerprint density at radius 1 is 0.833 bits per heavy atom. The molecule has 2 N–H and O–H groups in total. The largest absolute Gasteiger partial charge is 0.435 e. The van der Waals surface area contributed by atoms with Crippen LogP contribution in [-0.4, -0.2) is 29.7 Å². The number of anilines is 1. The lowest BCUT2D eigenvalue weighted by molar-refractivity contribution is -0.348. The molecule has 0 saturated carbocycles. The maximum atomic E-state index is 14.4. The summed E-state index contributed by atoms with van der Waals surface area (Å²) in [5.41, 5.74) is -7.68. The van der Waals surface area contributed by atoms with Crippen LogP contribution in [0.4, 0.5) is 36.4 Å². The lowest BCUT2D eigenvalue weighted by Crippen LogP contribution is -2.50. The van der Waals surface area contributed by atoms with E-state index in [1.807, 2.05) is 20.8 Å². The fraction of sp³-hybridized carbons (Fsp3) is 0.440. The van der Waals surface area contributed by atoms with Gasteiger partial charge in [-0.05, 0) is 57.4 Å². The van der Waals surface area contributed by atoms with E-state index in [1.54, 1.807) is 13.0 Å². The lowest BCUT2D eigenvalue weighted by Gasteiger charge is -2.30. The molecular formula is C25H27F7N2O2. The molecule has 2 aromatic rings. The smallest absolute Gasteiger partial charge is 0.347 e. The van der Waals surface area contributed by atoms with E-state index < -0.39 is 40.9 Å². The standard InChI is InChI=1S/C25H27F7N2O2/c1-6-12-22(4,5)34-21(36)19-14(2)8-7-9-17(19)20(35)33-18-11-10-16(13-15(18)3)23(26,24(27,28)29)25(30,31)32/h7-11,13H,6,12H2,1-5H3,(H,33,35)(H,34,36). The third-order valence-corrected chi connectivity index (χ3v) is 5.73. The minimum Gasteiger partial charge on any atom is -0.347 e. The molecule has 0 aliphatic heterocycles. The highest BCUT2D eigenvalue weighted by atomic mass is 19.4. The van der Waals surface area contributed by atoms with E-state index in [1.165, 1.54) is 12.1 Å². The number of hydrogen-bond donors (Lipinski definition) is 2. The van der Waals surface area contributed by atoms with Gasteiger partial charge in [0.05, 0.1) is 11.1 Å². The topological polar surface area (TPSA) is 58.2 Å². The number of hydrogen-bond acceptors (Lipinski definition) is 2. The zero-order chi connectivity index (χ0) is 27.7. The van der Waals surface area contributed by atoms with Gasteiger partial charge in [-0.25, -0.2) is 4.39 Å². The maximum absolute atomic E-state index is 14.4. The third-order valence-electron chi connectivity index (χ3n) is 5.73. The van der Waals surface area contributed by atoms with Crippen molar-refractivity contribution in [3.8, 4) is 0 Å². The summed E-state index contributed by atoms with van der Waals surface area (Å²) in [6, 6.07) is 5.97. The first kappa shape index (κ1) is 29.1. The molecule has 11 heteroatoms. The zero-order valence-electron chi connectivity index (χ0n) is 20.3. The Balaban J connectivity index is 2.43. The Kier molecular flexibility index (Phi) is 8.17. The van der Waals surface area contributed by atoms with Crippen molar-refractivity contribution >= 4 is 17.5 Å². The molecule has 0 fully saturated rings. The Hall–Kier alpha value is -3.11. The fourth-order valence-corrected chi connectivity index (χ4v) is 3.91. The molecule has 0 unspecified atom stereocenters. The second-order valence-corrected chi connectivity index (χ2v) is 9.22. The molecule has 0 aliphatic carbocycles. The molecule has 0 radical (unpaired) electrons. The highest BCUT2D eigenvalue weighted by Crippen LogP contribution is 2.53. The number of nitrogens with one attached hydrogen (secondary N) is 2. The van der Waals surface area contributed by atoms with Crippen molar-refractivity contribution in [2.75, 3.05) is 5.32 Å². The number of halogens is 7. The van der Waals surface area contributed by atoms with Gasteiger partial charge < -0.3 is 10.6 Å². The van der Waals surface area contributed by atoms with Crippen LogP contribution in [0.25, 0.3) is 0 Å². The predicted octanol–water partition coefficient (Wildman–Crippen LogP) is 7.15. The Morgan fingerprint density at radius 2 is 1.42 bits per heavy atom. The summed E-state index contributed by atoms with van der Waals surface area (Å²) in [5, 5.41) is 5.25. The number of aryl methyl sites for hydroxylation is 2. The van der Waals surface area contributed by atoms with Crippen molar-refractivity contribution in [2.24, 2.45) is 0 Å². The molecule has 2 amide bonds. The van der Waals surface area contributed by atoms with Crippen molar-refractivity contribution < 1.29 is 40.3 Å². The molecular weight excluding hydrogens is 493 g/mol. The van der Waals surface area contributed by atoms with Crippen LogP contribution in [-0.2, 0) is 5.67 Å². The van der Waals surface area contributed by atoms with Crippen molar-refractivity contribution in [3.63, 3.8) is 0 Å². The highest BCUT2D eigenvalue weighted by molar-refractivity contribution is 6.13. The molecule has 2 aromatic carbocycles. The first-order valence-corrected chi connectivity index (χ1v) is 11.0. The molecule has 0 aliphatic rings. The van der Waals surface area contributed by atoms with Gasteiger partial charge >= 0.3 is 18.0 Å². The van der Waals surface area contributed by atoms with Crippen molar-refractivity contribution in [1.29, 1.82) is 0 Å². The number of alkyl halides is 7. The van der Waals surface area contributed by atoms with Crippen LogP contribution in [0.1, 0.15) is 71.0 Å². The highest BCUT2D eigenvalue weighted by Gasteiger charge is 2.73. The summed E-state index contributed by atoms with van der Waals surface area (Å²) in [4.78, 5) is 26.0. The summed E-state index contributed by atoms with van der Waals surface area (Å²) >= 11 is 0. The number of rotatable bonds is 7. The second kappa shape index (κ2) is 10.1. The van der Waals surface area contributed by atoms with Gasteiger partial charge in [0.2, 0.25) is 0 Å². The Morgan fingerprint density at radius 3 is 1.92 bits per heavy atom. The lowest BCUT2D eigenvalue weighted by atomic mass is 9.92. The van der Waals surface area contributed by atoms with Gasteiger partial charge in [0.15, 0.2) is 0 Å². The quantitative estimate of drug-likeness (QED) is 0.381. The molecule has 0 aromatic heterocycles. The SMILES string of the molecule is CCCC(C)(C)NC(=O)c1c(C)cccc1C(=O)Nc1ccc(C(F)(C(F)(F)F)C(F)(F)F)cc1C. The number of benzene rings is 2. The van der Waals surface area contributed by atoms with E-state index in [9.17, 15) is 40.3 Å². The van der Waals surface area contributed by atoms with Gasteiger partial charge in [-0.15, -0.1) is 0 Å². The summed E-state index contributed by atoms with van der Waals surface area (Å²) in [6.07, 6.45) is -11.0. The van der Waals surface area contributed by atoms with Crippen molar-refractivity contribution in [2.45, 2.75) is 71.0 Å². The van der Waals surface area contributed by atoms with E-state index in [0.717, 1.165) is 19.4 Å². The molecule has 0 atom stereocenters. The minimum absolute atomic E-state index is 0.0475. The van der Waals surface area contributed by atoms with Crippen LogP contribution in [0.15, 0.2) is 36.4 Å². The zero-order valence-corrected chi connectivity index (χ0v) is 20.3. The molecule has 198 valence electrons. The first-order valence-electron chi connectivity index (χ1n) is 11.0. The van der Waals surface area contributed by atoms with E-state index in [4.69, 9.17) is 0 Å². The van der Waals surface area contributed by atoms with E-state index in [2.05, 4.69) is 10.6 Å². The monoisotopic (exact) mass is 520 g/mol. The normalized spacial score (nSPS) is 12.9. The Bertz CT molecular complexity index is 1120. The molecule has 2 rings (SSSR count). The average Bonchev–Trinajstić information content (AvgIpc) is 2.72. The molecule has 0 saturated heterocycles. The fourth-order valence-electron chi connectivity index (χ4n) is 3.91. The van der Waals surface area contributed by atoms with Gasteiger partial charge in [-0.3, -0.25) is 9.59 Å². The molecule has 0 bridgehead atoms. The molecule has 4 nitrogen and oxygen atoms in total. The summed E-state index contributed by atoms with van der Waals surface area (Å²) < 4.78 is 92.8. The average molecular weight is 520 g/mol. The van der Waals surface area contributed by atoms with Gasteiger partial charge in [-0.1, -0.05) is 37.6 Å². The van der Waals surface area contributed by atoms with Gasteiger partial charge in [0, 0.05) is 16.8 Å². The van der Waals surface area contributed by atoms with Crippen LogP contribution < -0.4 is 10.6 Å². The Labute approximate surface area is 204 Å². The number of amides is 2. The maximum Gasteiger partial charge on any atom is 0.435 e. The molecule has 36 heavy (non-hydrogen) atoms. The predicted molar refractivity (Wildman–Crippen MR) is 122 cm³/mol. The van der Waals surface area contributed by atoms with Crippen LogP contribution in [0.5, 0.6) is 0 Å².